The van der Waals surface area contributed by atoms with Crippen LogP contribution in [0.2, 0.25) is 5.02 Å². The van der Waals surface area contributed by atoms with Crippen LogP contribution in [0.25, 0.3) is 0 Å². The number of hydrogen-bond acceptors (Lipinski definition) is 4. The first kappa shape index (κ1) is 15.0. The van der Waals surface area contributed by atoms with E-state index in [9.17, 15) is 0 Å². The maximum Gasteiger partial charge on any atom is 0.162 e. The summed E-state index contributed by atoms with van der Waals surface area (Å²) in [4.78, 5) is 1.29. The van der Waals surface area contributed by atoms with Crippen LogP contribution in [-0.2, 0) is 0 Å². The molecule has 0 amide bonds. The molecule has 0 radical (unpaired) electrons. The zero-order valence-electron chi connectivity index (χ0n) is 11.8. The van der Waals surface area contributed by atoms with Gasteiger partial charge in [0.05, 0.1) is 31.0 Å². The van der Waals surface area contributed by atoms with Gasteiger partial charge in [-0.25, -0.2) is 0 Å². The van der Waals surface area contributed by atoms with E-state index in [2.05, 4.69) is 29.8 Å². The van der Waals surface area contributed by atoms with Gasteiger partial charge in [0.2, 0.25) is 0 Å². The Morgan fingerprint density at radius 2 is 1.95 bits per heavy atom. The van der Waals surface area contributed by atoms with Gasteiger partial charge in [-0.05, 0) is 17.9 Å². The Kier molecular flexibility index (Phi) is 5.15. The fourth-order valence-corrected chi connectivity index (χ4v) is 3.09. The molecule has 1 aromatic heterocycles. The van der Waals surface area contributed by atoms with Gasteiger partial charge in [-0.15, -0.1) is 11.3 Å². The minimum Gasteiger partial charge on any atom is -0.493 e. The molecular weight excluding hydrogens is 294 g/mol. The highest BCUT2D eigenvalue weighted by Crippen LogP contribution is 2.38. The highest BCUT2D eigenvalue weighted by molar-refractivity contribution is 7.10. The quantitative estimate of drug-likeness (QED) is 0.816. The number of hydrogen-bond donors (Lipinski definition) is 1. The van der Waals surface area contributed by atoms with Crippen molar-refractivity contribution >= 4 is 28.6 Å². The van der Waals surface area contributed by atoms with E-state index < -0.39 is 0 Å². The highest BCUT2D eigenvalue weighted by atomic mass is 35.5. The van der Waals surface area contributed by atoms with E-state index in [0.717, 1.165) is 12.1 Å². The van der Waals surface area contributed by atoms with Crippen molar-refractivity contribution in [2.45, 2.75) is 19.4 Å². The van der Waals surface area contributed by atoms with Gasteiger partial charge in [-0.3, -0.25) is 0 Å². The van der Waals surface area contributed by atoms with Gasteiger partial charge >= 0.3 is 0 Å². The van der Waals surface area contributed by atoms with Crippen LogP contribution in [0.1, 0.15) is 24.3 Å². The number of thiophene rings is 1. The van der Waals surface area contributed by atoms with Gasteiger partial charge in [0, 0.05) is 17.0 Å². The van der Waals surface area contributed by atoms with Crippen molar-refractivity contribution in [3.63, 3.8) is 0 Å². The fraction of sp³-hybridized carbons (Fsp3) is 0.333. The minimum absolute atomic E-state index is 0.241. The molecular formula is C15H18ClNO2S. The Hall–Kier alpha value is -1.39. The molecule has 0 saturated carbocycles. The third-order valence-electron chi connectivity index (χ3n) is 3.10. The highest BCUT2D eigenvalue weighted by Gasteiger charge is 2.15. The molecule has 1 aromatic carbocycles. The molecule has 20 heavy (non-hydrogen) atoms. The standard InChI is InChI=1S/C15H18ClNO2S/c1-4-11(15-6-5-7-20-15)17-12-9-14(19-3)13(18-2)8-10(12)16/h5-9,11,17H,4H2,1-3H3. The lowest BCUT2D eigenvalue weighted by atomic mass is 10.1. The second-order valence-electron chi connectivity index (χ2n) is 4.31. The number of benzene rings is 1. The van der Waals surface area contributed by atoms with Crippen molar-refractivity contribution in [1.82, 2.24) is 0 Å². The lowest BCUT2D eigenvalue weighted by Gasteiger charge is -2.19. The fourth-order valence-electron chi connectivity index (χ4n) is 2.02. The van der Waals surface area contributed by atoms with E-state index in [4.69, 9.17) is 21.1 Å². The van der Waals surface area contributed by atoms with Gasteiger partial charge in [0.25, 0.3) is 0 Å². The second-order valence-corrected chi connectivity index (χ2v) is 5.69. The Bertz CT molecular complexity index is 557. The molecule has 1 atom stereocenters. The number of nitrogens with one attached hydrogen (secondary N) is 1. The maximum atomic E-state index is 6.30. The normalized spacial score (nSPS) is 12.0. The number of rotatable bonds is 6. The Morgan fingerprint density at radius 1 is 1.25 bits per heavy atom. The summed E-state index contributed by atoms with van der Waals surface area (Å²) in [5, 5.41) is 6.17. The van der Waals surface area contributed by atoms with Crippen molar-refractivity contribution in [2.75, 3.05) is 19.5 Å². The third kappa shape index (κ3) is 3.19. The zero-order chi connectivity index (χ0) is 14.5. The van der Waals surface area contributed by atoms with E-state index in [1.54, 1.807) is 31.6 Å². The lowest BCUT2D eigenvalue weighted by Crippen LogP contribution is -2.08. The molecule has 1 unspecified atom stereocenters. The van der Waals surface area contributed by atoms with E-state index in [-0.39, 0.29) is 6.04 Å². The van der Waals surface area contributed by atoms with Crippen LogP contribution in [0.4, 0.5) is 5.69 Å². The van der Waals surface area contributed by atoms with Crippen LogP contribution in [0.3, 0.4) is 0 Å². The molecule has 0 spiro atoms. The summed E-state index contributed by atoms with van der Waals surface area (Å²) in [6.45, 7) is 2.14. The number of ether oxygens (including phenoxy) is 2. The topological polar surface area (TPSA) is 30.5 Å². The summed E-state index contributed by atoms with van der Waals surface area (Å²) in [5.74, 6) is 1.30. The summed E-state index contributed by atoms with van der Waals surface area (Å²) in [6.07, 6.45) is 0.977. The van der Waals surface area contributed by atoms with Gasteiger partial charge < -0.3 is 14.8 Å². The first-order valence-electron chi connectivity index (χ1n) is 6.41. The average molecular weight is 312 g/mol. The van der Waals surface area contributed by atoms with Crippen LogP contribution in [-0.4, -0.2) is 14.2 Å². The van der Waals surface area contributed by atoms with Crippen molar-refractivity contribution in [3.05, 3.63) is 39.5 Å². The molecule has 2 aromatic rings. The Balaban J connectivity index is 2.28. The summed E-state index contributed by atoms with van der Waals surface area (Å²) in [7, 11) is 3.22. The van der Waals surface area contributed by atoms with Crippen molar-refractivity contribution in [1.29, 1.82) is 0 Å². The summed E-state index contributed by atoms with van der Waals surface area (Å²) < 4.78 is 10.6. The van der Waals surface area contributed by atoms with E-state index in [1.807, 2.05) is 6.07 Å². The van der Waals surface area contributed by atoms with Crippen LogP contribution in [0, 0.1) is 0 Å². The van der Waals surface area contributed by atoms with E-state index >= 15 is 0 Å². The van der Waals surface area contributed by atoms with E-state index in [0.29, 0.717) is 16.5 Å². The van der Waals surface area contributed by atoms with Crippen LogP contribution in [0.5, 0.6) is 11.5 Å². The van der Waals surface area contributed by atoms with E-state index in [1.165, 1.54) is 4.88 Å². The molecule has 0 aliphatic heterocycles. The summed E-state index contributed by atoms with van der Waals surface area (Å²) in [5.41, 5.74) is 0.851. The Labute approximate surface area is 128 Å². The first-order valence-corrected chi connectivity index (χ1v) is 7.66. The minimum atomic E-state index is 0.241. The molecule has 0 fully saturated rings. The summed E-state index contributed by atoms with van der Waals surface area (Å²) in [6, 6.07) is 8.06. The SMILES string of the molecule is CCC(Nc1cc(OC)c(OC)cc1Cl)c1cccs1. The number of halogens is 1. The smallest absolute Gasteiger partial charge is 0.162 e. The molecule has 2 rings (SSSR count). The van der Waals surface area contributed by atoms with Crippen molar-refractivity contribution < 1.29 is 9.47 Å². The van der Waals surface area contributed by atoms with Gasteiger partial charge in [-0.1, -0.05) is 24.6 Å². The molecule has 0 aliphatic rings. The largest absolute Gasteiger partial charge is 0.493 e. The molecule has 3 nitrogen and oxygen atoms in total. The molecule has 108 valence electrons. The predicted molar refractivity (Wildman–Crippen MR) is 85.5 cm³/mol. The average Bonchev–Trinajstić information content (AvgIpc) is 2.99. The van der Waals surface area contributed by atoms with Crippen molar-refractivity contribution in [2.24, 2.45) is 0 Å². The van der Waals surface area contributed by atoms with Crippen LogP contribution < -0.4 is 14.8 Å². The predicted octanol–water partition coefficient (Wildman–Crippen LogP) is 4.98. The number of anilines is 1. The lowest BCUT2D eigenvalue weighted by molar-refractivity contribution is 0.355. The first-order chi connectivity index (χ1) is 9.69. The second kappa shape index (κ2) is 6.86. The molecule has 0 aliphatic carbocycles. The van der Waals surface area contributed by atoms with Crippen molar-refractivity contribution in [3.8, 4) is 11.5 Å². The third-order valence-corrected chi connectivity index (χ3v) is 4.40. The number of methoxy groups -OCH3 is 2. The molecule has 0 bridgehead atoms. The van der Waals surface area contributed by atoms with Gasteiger partial charge in [0.15, 0.2) is 11.5 Å². The molecule has 1 N–H and O–H groups in total. The van der Waals surface area contributed by atoms with Gasteiger partial charge in [-0.2, -0.15) is 0 Å². The molecule has 0 saturated heterocycles. The van der Waals surface area contributed by atoms with Crippen LogP contribution >= 0.6 is 22.9 Å². The monoisotopic (exact) mass is 311 g/mol. The summed E-state index contributed by atoms with van der Waals surface area (Å²) >= 11 is 8.04. The molecule has 5 heteroatoms. The maximum absolute atomic E-state index is 6.30. The molecule has 1 heterocycles. The van der Waals surface area contributed by atoms with Crippen LogP contribution in [0.15, 0.2) is 29.6 Å². The van der Waals surface area contributed by atoms with Gasteiger partial charge in [0.1, 0.15) is 0 Å². The Morgan fingerprint density at radius 3 is 2.50 bits per heavy atom. The zero-order valence-corrected chi connectivity index (χ0v) is 13.3.